The van der Waals surface area contributed by atoms with E-state index in [1.165, 1.54) is 109 Å². The van der Waals surface area contributed by atoms with Gasteiger partial charge in [-0.25, -0.2) is 0 Å². The first-order valence-corrected chi connectivity index (χ1v) is 23.3. The van der Waals surface area contributed by atoms with E-state index < -0.39 is 8.07 Å². The summed E-state index contributed by atoms with van der Waals surface area (Å²) >= 11 is 0. The quantitative estimate of drug-likeness (QED) is 0.163. The molecular weight excluding hydrogens is 754 g/mol. The number of aromatic nitrogens is 2. The molecular formula is C56H40BN3Si. The van der Waals surface area contributed by atoms with Crippen LogP contribution in [-0.4, -0.2) is 23.9 Å². The molecule has 2 aliphatic heterocycles. The zero-order chi connectivity index (χ0) is 40.4. The Hall–Kier alpha value is -7.34. The number of hydrogen-bond donors (Lipinski definition) is 0. The van der Waals surface area contributed by atoms with Crippen LogP contribution in [0.1, 0.15) is 0 Å². The summed E-state index contributed by atoms with van der Waals surface area (Å²) < 4.78 is 4.73. The highest BCUT2D eigenvalue weighted by Gasteiger charge is 2.53. The molecule has 0 amide bonds. The Bertz CT molecular complexity index is 3570. The number of aryl methyl sites for hydroxylation is 2. The smallest absolute Gasteiger partial charge is 0.246 e. The molecule has 286 valence electrons. The van der Waals surface area contributed by atoms with Crippen molar-refractivity contribution in [3.63, 3.8) is 0 Å². The lowest BCUT2D eigenvalue weighted by atomic mass is 9.34. The number of nitrogens with zero attached hydrogens (tertiary/aromatic N) is 3. The average Bonchev–Trinajstić information content (AvgIpc) is 3.77. The van der Waals surface area contributed by atoms with Crippen molar-refractivity contribution < 1.29 is 0 Å². The van der Waals surface area contributed by atoms with Crippen molar-refractivity contribution in [1.82, 2.24) is 9.13 Å². The molecule has 0 aliphatic carbocycles. The molecule has 0 saturated carbocycles. The first-order chi connectivity index (χ1) is 30.1. The fraction of sp³-hybridized carbons (Fsp3) is 0.0357. The third-order valence-corrected chi connectivity index (χ3v) is 19.0. The third-order valence-electron chi connectivity index (χ3n) is 14.1. The van der Waals surface area contributed by atoms with Gasteiger partial charge in [0.2, 0.25) is 6.71 Å². The van der Waals surface area contributed by atoms with Crippen molar-refractivity contribution in [2.24, 2.45) is 14.1 Å². The Kier molecular flexibility index (Phi) is 7.26. The number of rotatable bonds is 4. The summed E-state index contributed by atoms with van der Waals surface area (Å²) in [5.74, 6) is 0. The van der Waals surface area contributed by atoms with E-state index in [0.29, 0.717) is 0 Å². The van der Waals surface area contributed by atoms with Crippen LogP contribution in [0.15, 0.2) is 206 Å². The maximum Gasteiger partial charge on any atom is 0.246 e. The van der Waals surface area contributed by atoms with Crippen molar-refractivity contribution in [2.45, 2.75) is 0 Å². The van der Waals surface area contributed by atoms with E-state index in [4.69, 9.17) is 0 Å². The lowest BCUT2D eigenvalue weighted by Crippen LogP contribution is -2.87. The molecule has 13 rings (SSSR count). The standard InChI is InChI=1S/C56H40BN3Si/c1-58-48-23-12-9-20-42(48)44-34-39(30-33-50(44)58)60-51-25-15-27-55-56(51)57(47-36-52-45(35-53(47)60)43-21-10-13-24-49(43)59(52)2)46-22-11-14-26-54(46)61(55,40-18-7-4-8-19-40)41-31-28-38(29-32-41)37-16-5-3-6-17-37/h3-36H,1-2H3. The van der Waals surface area contributed by atoms with Crippen molar-refractivity contribution in [1.29, 1.82) is 0 Å². The molecule has 0 fully saturated rings. The number of fused-ring (bicyclic) bond motifs is 10. The molecule has 2 aromatic heterocycles. The van der Waals surface area contributed by atoms with Crippen LogP contribution in [0.4, 0.5) is 17.1 Å². The largest absolute Gasteiger partial charge is 0.344 e. The summed E-state index contributed by atoms with van der Waals surface area (Å²) in [4.78, 5) is 2.60. The average molecular weight is 794 g/mol. The molecule has 0 bridgehead atoms. The first kappa shape index (κ1) is 34.5. The van der Waals surface area contributed by atoms with E-state index in [0.717, 1.165) is 0 Å². The second-order valence-corrected chi connectivity index (χ2v) is 20.7. The van der Waals surface area contributed by atoms with Gasteiger partial charge in [0.1, 0.15) is 0 Å². The highest BCUT2D eigenvalue weighted by molar-refractivity contribution is 7.26. The normalized spacial score (nSPS) is 15.4. The van der Waals surface area contributed by atoms with E-state index in [2.05, 4.69) is 234 Å². The zero-order valence-electron chi connectivity index (χ0n) is 34.0. The van der Waals surface area contributed by atoms with Crippen LogP contribution in [0.2, 0.25) is 0 Å². The van der Waals surface area contributed by atoms with Gasteiger partial charge in [0.15, 0.2) is 8.07 Å². The van der Waals surface area contributed by atoms with E-state index in [1.54, 1.807) is 0 Å². The summed E-state index contributed by atoms with van der Waals surface area (Å²) in [7, 11) is 1.51. The lowest BCUT2D eigenvalue weighted by molar-refractivity contribution is 1.01. The second-order valence-electron chi connectivity index (χ2n) is 16.9. The predicted octanol–water partition coefficient (Wildman–Crippen LogP) is 8.63. The van der Waals surface area contributed by atoms with Crippen LogP contribution in [-0.2, 0) is 14.1 Å². The van der Waals surface area contributed by atoms with Gasteiger partial charge in [-0.3, -0.25) is 0 Å². The Morgan fingerprint density at radius 3 is 1.70 bits per heavy atom. The summed E-state index contributed by atoms with van der Waals surface area (Å²) in [6.45, 7) is 0.0466. The van der Waals surface area contributed by atoms with Gasteiger partial charge in [-0.2, -0.15) is 0 Å². The van der Waals surface area contributed by atoms with E-state index >= 15 is 0 Å². The molecule has 2 aliphatic rings. The van der Waals surface area contributed by atoms with Crippen LogP contribution in [0.3, 0.4) is 0 Å². The van der Waals surface area contributed by atoms with Crippen LogP contribution < -0.4 is 42.0 Å². The van der Waals surface area contributed by atoms with Crippen LogP contribution >= 0.6 is 0 Å². The highest BCUT2D eigenvalue weighted by atomic mass is 28.3. The number of benzene rings is 9. The van der Waals surface area contributed by atoms with Gasteiger partial charge in [-0.05, 0) is 91.3 Å². The molecule has 0 spiro atoms. The maximum absolute atomic E-state index is 2.91. The molecule has 61 heavy (non-hydrogen) atoms. The molecule has 0 N–H and O–H groups in total. The molecule has 3 nitrogen and oxygen atoms in total. The van der Waals surface area contributed by atoms with Gasteiger partial charge < -0.3 is 14.0 Å². The molecule has 1 atom stereocenters. The Morgan fingerprint density at radius 2 is 0.951 bits per heavy atom. The van der Waals surface area contributed by atoms with Crippen LogP contribution in [0, 0.1) is 0 Å². The lowest BCUT2D eigenvalue weighted by Gasteiger charge is -2.47. The molecule has 4 heterocycles. The Balaban J connectivity index is 1.15. The fourth-order valence-corrected chi connectivity index (χ4v) is 16.7. The molecule has 0 radical (unpaired) electrons. The molecule has 11 aromatic rings. The predicted molar refractivity (Wildman–Crippen MR) is 263 cm³/mol. The minimum Gasteiger partial charge on any atom is -0.344 e. The monoisotopic (exact) mass is 793 g/mol. The Morgan fingerprint density at radius 1 is 0.377 bits per heavy atom. The minimum absolute atomic E-state index is 0.0466. The van der Waals surface area contributed by atoms with Crippen molar-refractivity contribution >= 4 is 113 Å². The maximum atomic E-state index is 2.60. The van der Waals surface area contributed by atoms with Gasteiger partial charge in [0, 0.05) is 74.8 Å². The van der Waals surface area contributed by atoms with Gasteiger partial charge in [-0.15, -0.1) is 0 Å². The van der Waals surface area contributed by atoms with Gasteiger partial charge in [0.25, 0.3) is 0 Å². The second kappa shape index (κ2) is 12.8. The van der Waals surface area contributed by atoms with Crippen LogP contribution in [0.25, 0.3) is 54.7 Å². The number of hydrogen-bond acceptors (Lipinski definition) is 1. The highest BCUT2D eigenvalue weighted by Crippen LogP contribution is 2.42. The SMILES string of the molecule is Cn1c2ccccc2c2cc(N3c4cc5c6ccccc6n(C)c5cc4B4c5ccccc5[Si](c5ccccc5)(c5ccc(-c6ccccc6)cc5)c5cccc3c54)ccc21. The summed E-state index contributed by atoms with van der Waals surface area (Å²) in [6.07, 6.45) is 0. The van der Waals surface area contributed by atoms with Gasteiger partial charge >= 0.3 is 0 Å². The number of para-hydroxylation sites is 2. The first-order valence-electron chi connectivity index (χ1n) is 21.3. The Labute approximate surface area is 356 Å². The van der Waals surface area contributed by atoms with Crippen LogP contribution in [0.5, 0.6) is 0 Å². The van der Waals surface area contributed by atoms with Crippen molar-refractivity contribution in [2.75, 3.05) is 4.90 Å². The van der Waals surface area contributed by atoms with Crippen molar-refractivity contribution in [3.05, 3.63) is 206 Å². The van der Waals surface area contributed by atoms with E-state index in [9.17, 15) is 0 Å². The zero-order valence-corrected chi connectivity index (χ0v) is 35.0. The molecule has 9 aromatic carbocycles. The number of anilines is 3. The third kappa shape index (κ3) is 4.64. The summed E-state index contributed by atoms with van der Waals surface area (Å²) in [6, 6.07) is 78.3. The topological polar surface area (TPSA) is 13.1 Å². The van der Waals surface area contributed by atoms with Gasteiger partial charge in [0.05, 0.1) is 0 Å². The van der Waals surface area contributed by atoms with Crippen molar-refractivity contribution in [3.8, 4) is 11.1 Å². The molecule has 1 unspecified atom stereocenters. The van der Waals surface area contributed by atoms with Gasteiger partial charge in [-0.1, -0.05) is 163 Å². The molecule has 5 heteroatoms. The minimum atomic E-state index is -2.91. The van der Waals surface area contributed by atoms with E-state index in [1.807, 2.05) is 0 Å². The van der Waals surface area contributed by atoms with E-state index in [-0.39, 0.29) is 6.71 Å². The fourth-order valence-electron chi connectivity index (χ4n) is 11.4. The summed E-state index contributed by atoms with van der Waals surface area (Å²) in [5.41, 5.74) is 15.3. The summed E-state index contributed by atoms with van der Waals surface area (Å²) in [5, 5.41) is 10.8. The molecule has 0 saturated heterocycles.